The molecule has 0 saturated heterocycles. The molecule has 0 bridgehead atoms. The van der Waals surface area contributed by atoms with Crippen molar-refractivity contribution >= 4 is 40.5 Å². The monoisotopic (exact) mass is 294 g/mol. The number of carbonyl (C=O) groups is 1. The van der Waals surface area contributed by atoms with Gasteiger partial charge in [0.15, 0.2) is 0 Å². The number of nitrogens with one attached hydrogen (secondary N) is 1. The Hall–Kier alpha value is -1.71. The van der Waals surface area contributed by atoms with Crippen molar-refractivity contribution in [1.82, 2.24) is 0 Å². The highest BCUT2D eigenvalue weighted by Crippen LogP contribution is 2.25. The van der Waals surface area contributed by atoms with Crippen LogP contribution in [0.15, 0.2) is 36.4 Å². The van der Waals surface area contributed by atoms with E-state index in [1.807, 2.05) is 13.0 Å². The molecule has 0 heterocycles. The minimum atomic E-state index is -0.323. The number of nitrogens with two attached hydrogens (primary N) is 1. The van der Waals surface area contributed by atoms with Gasteiger partial charge in [-0.15, -0.1) is 0 Å². The summed E-state index contributed by atoms with van der Waals surface area (Å²) in [6.45, 7) is 1.92. The number of hydrogen-bond donors (Lipinski definition) is 2. The average molecular weight is 295 g/mol. The van der Waals surface area contributed by atoms with Crippen molar-refractivity contribution < 1.29 is 4.79 Å². The molecular weight excluding hydrogens is 283 g/mol. The van der Waals surface area contributed by atoms with Gasteiger partial charge in [0.2, 0.25) is 0 Å². The Morgan fingerprint density at radius 1 is 1.11 bits per heavy atom. The number of carbonyl (C=O) groups excluding carboxylic acids is 1. The van der Waals surface area contributed by atoms with Gasteiger partial charge < -0.3 is 11.1 Å². The van der Waals surface area contributed by atoms with Crippen molar-refractivity contribution in [3.8, 4) is 0 Å². The summed E-state index contributed by atoms with van der Waals surface area (Å²) in [4.78, 5) is 12.1. The third-order valence-corrected chi connectivity index (χ3v) is 3.24. The molecular formula is C14H12Cl2N2O. The minimum Gasteiger partial charge on any atom is -0.399 e. The molecule has 0 saturated carbocycles. The van der Waals surface area contributed by atoms with E-state index >= 15 is 0 Å². The highest BCUT2D eigenvalue weighted by atomic mass is 35.5. The van der Waals surface area contributed by atoms with E-state index in [4.69, 9.17) is 28.9 Å². The Morgan fingerprint density at radius 3 is 2.47 bits per heavy atom. The zero-order chi connectivity index (χ0) is 14.0. The molecule has 2 aromatic rings. The quantitative estimate of drug-likeness (QED) is 0.818. The minimum absolute atomic E-state index is 0.306. The van der Waals surface area contributed by atoms with Crippen molar-refractivity contribution in [3.05, 3.63) is 57.6 Å². The number of anilines is 2. The summed E-state index contributed by atoms with van der Waals surface area (Å²) in [5.74, 6) is -0.323. The van der Waals surface area contributed by atoms with E-state index in [2.05, 4.69) is 5.32 Å². The Kier molecular flexibility index (Phi) is 3.98. The van der Waals surface area contributed by atoms with E-state index in [1.54, 1.807) is 24.3 Å². The summed E-state index contributed by atoms with van der Waals surface area (Å²) in [5.41, 5.74) is 8.02. The number of rotatable bonds is 2. The van der Waals surface area contributed by atoms with Gasteiger partial charge in [0, 0.05) is 5.69 Å². The fraction of sp³-hybridized carbons (Fsp3) is 0.0714. The van der Waals surface area contributed by atoms with E-state index in [9.17, 15) is 4.79 Å². The molecule has 98 valence electrons. The number of amides is 1. The second-order valence-electron chi connectivity index (χ2n) is 4.18. The van der Waals surface area contributed by atoms with Gasteiger partial charge in [0.05, 0.1) is 21.3 Å². The first kappa shape index (κ1) is 13.7. The zero-order valence-corrected chi connectivity index (χ0v) is 11.7. The molecule has 0 fully saturated rings. The van der Waals surface area contributed by atoms with Gasteiger partial charge in [0.25, 0.3) is 5.91 Å². The summed E-state index contributed by atoms with van der Waals surface area (Å²) in [6.07, 6.45) is 0. The van der Waals surface area contributed by atoms with Gasteiger partial charge in [-0.05, 0) is 42.8 Å². The van der Waals surface area contributed by atoms with E-state index in [1.165, 1.54) is 6.07 Å². The van der Waals surface area contributed by atoms with E-state index in [0.717, 1.165) is 5.56 Å². The Labute approximate surface area is 121 Å². The second kappa shape index (κ2) is 5.51. The molecule has 2 aromatic carbocycles. The summed E-state index contributed by atoms with van der Waals surface area (Å²) in [6, 6.07) is 10.1. The van der Waals surface area contributed by atoms with Crippen LogP contribution >= 0.6 is 23.2 Å². The summed E-state index contributed by atoms with van der Waals surface area (Å²) in [7, 11) is 0. The smallest absolute Gasteiger partial charge is 0.257 e. The van der Waals surface area contributed by atoms with Crippen molar-refractivity contribution in [3.63, 3.8) is 0 Å². The lowest BCUT2D eigenvalue weighted by Gasteiger charge is -2.09. The van der Waals surface area contributed by atoms with Crippen LogP contribution in [0, 0.1) is 6.92 Å². The van der Waals surface area contributed by atoms with Crippen LogP contribution in [0.3, 0.4) is 0 Å². The van der Waals surface area contributed by atoms with Crippen molar-refractivity contribution in [2.24, 2.45) is 0 Å². The van der Waals surface area contributed by atoms with Crippen LogP contribution in [-0.2, 0) is 0 Å². The first-order valence-corrected chi connectivity index (χ1v) is 6.35. The molecule has 0 aromatic heterocycles. The van der Waals surface area contributed by atoms with E-state index < -0.39 is 0 Å². The van der Waals surface area contributed by atoms with Crippen molar-refractivity contribution in [2.45, 2.75) is 6.92 Å². The maximum Gasteiger partial charge on any atom is 0.257 e. The van der Waals surface area contributed by atoms with Crippen molar-refractivity contribution in [1.29, 1.82) is 0 Å². The number of halogens is 2. The maximum absolute atomic E-state index is 12.1. The van der Waals surface area contributed by atoms with E-state index in [-0.39, 0.29) is 5.91 Å². The predicted molar refractivity (Wildman–Crippen MR) is 80.0 cm³/mol. The number of aryl methyl sites for hydroxylation is 1. The molecule has 3 N–H and O–H groups in total. The molecule has 1 amide bonds. The lowest BCUT2D eigenvalue weighted by atomic mass is 10.1. The van der Waals surface area contributed by atoms with Gasteiger partial charge >= 0.3 is 0 Å². The standard InChI is InChI=1S/C14H12Cl2N2O/c1-8-2-5-13(12(16)6-8)18-14(19)10-4-3-9(17)7-11(10)15/h2-7H,17H2,1H3,(H,18,19). The molecule has 0 aliphatic rings. The number of nitrogen functional groups attached to an aromatic ring is 1. The SMILES string of the molecule is Cc1ccc(NC(=O)c2ccc(N)cc2Cl)c(Cl)c1. The largest absolute Gasteiger partial charge is 0.399 e. The summed E-state index contributed by atoms with van der Waals surface area (Å²) in [5, 5.41) is 3.51. The fourth-order valence-corrected chi connectivity index (χ4v) is 2.18. The Balaban J connectivity index is 2.25. The molecule has 19 heavy (non-hydrogen) atoms. The Morgan fingerprint density at radius 2 is 1.84 bits per heavy atom. The first-order valence-electron chi connectivity index (χ1n) is 5.60. The highest BCUT2D eigenvalue weighted by molar-refractivity contribution is 6.36. The average Bonchev–Trinajstić information content (AvgIpc) is 2.32. The van der Waals surface area contributed by atoms with Crippen LogP contribution in [0.25, 0.3) is 0 Å². The molecule has 2 rings (SSSR count). The lowest BCUT2D eigenvalue weighted by molar-refractivity contribution is 0.102. The van der Waals surface area contributed by atoms with Gasteiger partial charge in [-0.1, -0.05) is 29.3 Å². The van der Waals surface area contributed by atoms with Gasteiger partial charge in [-0.2, -0.15) is 0 Å². The van der Waals surface area contributed by atoms with Gasteiger partial charge in [-0.25, -0.2) is 0 Å². The third-order valence-electron chi connectivity index (χ3n) is 2.61. The van der Waals surface area contributed by atoms with Gasteiger partial charge in [0.1, 0.15) is 0 Å². The van der Waals surface area contributed by atoms with Crippen molar-refractivity contribution in [2.75, 3.05) is 11.1 Å². The topological polar surface area (TPSA) is 55.1 Å². The molecule has 0 atom stereocenters. The van der Waals surface area contributed by atoms with Gasteiger partial charge in [-0.3, -0.25) is 4.79 Å². The lowest BCUT2D eigenvalue weighted by Crippen LogP contribution is -2.13. The van der Waals surface area contributed by atoms with Crippen LogP contribution in [-0.4, -0.2) is 5.91 Å². The van der Waals surface area contributed by atoms with E-state index in [0.29, 0.717) is 27.0 Å². The maximum atomic E-state index is 12.1. The predicted octanol–water partition coefficient (Wildman–Crippen LogP) is 4.14. The molecule has 3 nitrogen and oxygen atoms in total. The second-order valence-corrected chi connectivity index (χ2v) is 4.99. The van der Waals surface area contributed by atoms with Crippen LogP contribution in [0.2, 0.25) is 10.0 Å². The molecule has 0 aliphatic carbocycles. The summed E-state index contributed by atoms with van der Waals surface area (Å²) < 4.78 is 0. The molecule has 5 heteroatoms. The van der Waals surface area contributed by atoms with Crippen LogP contribution < -0.4 is 11.1 Å². The Bertz CT molecular complexity index is 641. The highest BCUT2D eigenvalue weighted by Gasteiger charge is 2.12. The van der Waals surface area contributed by atoms with Crippen LogP contribution in [0.4, 0.5) is 11.4 Å². The molecule has 0 unspecified atom stereocenters. The molecule has 0 aliphatic heterocycles. The third kappa shape index (κ3) is 3.19. The van der Waals surface area contributed by atoms with Crippen LogP contribution in [0.5, 0.6) is 0 Å². The fourth-order valence-electron chi connectivity index (χ4n) is 1.63. The molecule has 0 spiro atoms. The number of benzene rings is 2. The van der Waals surface area contributed by atoms with Crippen LogP contribution in [0.1, 0.15) is 15.9 Å². The normalized spacial score (nSPS) is 10.3. The number of hydrogen-bond acceptors (Lipinski definition) is 2. The first-order chi connectivity index (χ1) is 8.97. The zero-order valence-electron chi connectivity index (χ0n) is 10.2. The summed E-state index contributed by atoms with van der Waals surface area (Å²) >= 11 is 12.0. The molecule has 0 radical (unpaired) electrons.